The van der Waals surface area contributed by atoms with E-state index in [2.05, 4.69) is 31.9 Å². The van der Waals surface area contributed by atoms with Crippen LogP contribution in [0.1, 0.15) is 15.9 Å². The minimum Gasteiger partial charge on any atom is -0.398 e. The lowest BCUT2D eigenvalue weighted by molar-refractivity contribution is 0.0988. The Morgan fingerprint density at radius 1 is 1.20 bits per heavy atom. The molecule has 20 heavy (non-hydrogen) atoms. The molecule has 0 fully saturated rings. The molecule has 3 rings (SSSR count). The number of fused-ring (bicyclic) bond motifs is 1. The number of benzene rings is 2. The molecule has 1 heterocycles. The average molecular weight is 396 g/mol. The van der Waals surface area contributed by atoms with Gasteiger partial charge in [-0.15, -0.1) is 0 Å². The smallest absolute Gasteiger partial charge is 0.259 e. The Bertz CT molecular complexity index is 700. The second-order valence-electron chi connectivity index (χ2n) is 4.68. The first kappa shape index (κ1) is 13.6. The second kappa shape index (κ2) is 5.22. The molecule has 1 amide bonds. The molecule has 0 spiro atoms. The van der Waals surface area contributed by atoms with Gasteiger partial charge in [0.15, 0.2) is 0 Å². The number of rotatable bonds is 1. The van der Waals surface area contributed by atoms with Crippen molar-refractivity contribution in [2.24, 2.45) is 0 Å². The van der Waals surface area contributed by atoms with E-state index < -0.39 is 0 Å². The van der Waals surface area contributed by atoms with Crippen LogP contribution in [0.3, 0.4) is 0 Å². The van der Waals surface area contributed by atoms with E-state index >= 15 is 0 Å². The van der Waals surface area contributed by atoms with E-state index in [1.54, 1.807) is 4.90 Å². The molecule has 0 aliphatic carbocycles. The van der Waals surface area contributed by atoms with Crippen LogP contribution in [0.15, 0.2) is 45.3 Å². The van der Waals surface area contributed by atoms with Crippen LogP contribution in [0.2, 0.25) is 0 Å². The molecule has 0 aromatic heterocycles. The van der Waals surface area contributed by atoms with Crippen LogP contribution in [-0.2, 0) is 6.42 Å². The van der Waals surface area contributed by atoms with Gasteiger partial charge >= 0.3 is 0 Å². The summed E-state index contributed by atoms with van der Waals surface area (Å²) in [5.74, 6) is -0.0116. The molecular weight excluding hydrogens is 384 g/mol. The van der Waals surface area contributed by atoms with Crippen molar-refractivity contribution in [3.63, 3.8) is 0 Å². The molecule has 1 aliphatic heterocycles. The van der Waals surface area contributed by atoms with Crippen LogP contribution in [0, 0.1) is 0 Å². The summed E-state index contributed by atoms with van der Waals surface area (Å²) in [4.78, 5) is 14.5. The number of amides is 1. The van der Waals surface area contributed by atoms with Gasteiger partial charge in [0.05, 0.1) is 5.56 Å². The molecule has 2 aromatic rings. The summed E-state index contributed by atoms with van der Waals surface area (Å²) in [6, 6.07) is 11.3. The summed E-state index contributed by atoms with van der Waals surface area (Å²) in [5, 5.41) is 0. The fourth-order valence-corrected chi connectivity index (χ4v) is 3.26. The lowest BCUT2D eigenvalue weighted by Gasteiger charge is -2.18. The van der Waals surface area contributed by atoms with Crippen molar-refractivity contribution in [1.29, 1.82) is 0 Å². The average Bonchev–Trinajstić information content (AvgIpc) is 2.86. The van der Waals surface area contributed by atoms with Crippen LogP contribution in [0.4, 0.5) is 11.4 Å². The number of nitrogens with two attached hydrogens (primary N) is 1. The maximum Gasteiger partial charge on any atom is 0.259 e. The fourth-order valence-electron chi connectivity index (χ4n) is 2.48. The largest absolute Gasteiger partial charge is 0.398 e. The molecule has 0 unspecified atom stereocenters. The van der Waals surface area contributed by atoms with E-state index in [0.29, 0.717) is 12.1 Å². The molecule has 0 atom stereocenters. The van der Waals surface area contributed by atoms with Crippen LogP contribution in [0.25, 0.3) is 0 Å². The SMILES string of the molecule is Nc1cccc2c1CCN2C(=O)c1cc(Br)ccc1Br. The van der Waals surface area contributed by atoms with Gasteiger partial charge in [-0.2, -0.15) is 0 Å². The van der Waals surface area contributed by atoms with Crippen molar-refractivity contribution >= 4 is 49.1 Å². The minimum atomic E-state index is -0.0116. The van der Waals surface area contributed by atoms with Crippen molar-refractivity contribution in [2.45, 2.75) is 6.42 Å². The Morgan fingerprint density at radius 3 is 2.80 bits per heavy atom. The van der Waals surface area contributed by atoms with E-state index in [4.69, 9.17) is 5.73 Å². The quantitative estimate of drug-likeness (QED) is 0.742. The number of hydrogen-bond acceptors (Lipinski definition) is 2. The lowest BCUT2D eigenvalue weighted by Crippen LogP contribution is -2.29. The topological polar surface area (TPSA) is 46.3 Å². The van der Waals surface area contributed by atoms with E-state index in [-0.39, 0.29) is 5.91 Å². The van der Waals surface area contributed by atoms with Crippen LogP contribution >= 0.6 is 31.9 Å². The first-order valence-electron chi connectivity index (χ1n) is 6.22. The standard InChI is InChI=1S/C15H12Br2N2O/c16-9-4-5-12(17)11(8-9)15(20)19-7-6-10-13(18)2-1-3-14(10)19/h1-5,8H,6-7,18H2. The normalized spacial score (nSPS) is 13.4. The van der Waals surface area contributed by atoms with Crippen LogP contribution < -0.4 is 10.6 Å². The number of halogens is 2. The van der Waals surface area contributed by atoms with Crippen LogP contribution in [0.5, 0.6) is 0 Å². The summed E-state index contributed by atoms with van der Waals surface area (Å²) < 4.78 is 1.68. The molecule has 2 aromatic carbocycles. The van der Waals surface area contributed by atoms with Crippen molar-refractivity contribution in [2.75, 3.05) is 17.2 Å². The van der Waals surface area contributed by atoms with Gasteiger partial charge in [-0.1, -0.05) is 22.0 Å². The molecular formula is C15H12Br2N2O. The third kappa shape index (κ3) is 2.25. The summed E-state index contributed by atoms with van der Waals surface area (Å²) in [6.07, 6.45) is 0.805. The highest BCUT2D eigenvalue weighted by molar-refractivity contribution is 9.11. The number of carbonyl (C=O) groups is 1. The fraction of sp³-hybridized carbons (Fsp3) is 0.133. The van der Waals surface area contributed by atoms with Crippen molar-refractivity contribution < 1.29 is 4.79 Å². The predicted octanol–water partition coefficient (Wildman–Crippen LogP) is 4.00. The molecule has 0 bridgehead atoms. The Labute approximate surface area is 134 Å². The number of hydrogen-bond donors (Lipinski definition) is 1. The Balaban J connectivity index is 2.02. The highest BCUT2D eigenvalue weighted by atomic mass is 79.9. The highest BCUT2D eigenvalue weighted by Gasteiger charge is 2.27. The highest BCUT2D eigenvalue weighted by Crippen LogP contribution is 2.34. The summed E-state index contributed by atoms with van der Waals surface area (Å²) in [5.41, 5.74) is 9.36. The van der Waals surface area contributed by atoms with Gasteiger partial charge in [0.25, 0.3) is 5.91 Å². The number of carbonyl (C=O) groups excluding carboxylic acids is 1. The Kier molecular flexibility index (Phi) is 3.56. The molecule has 1 aliphatic rings. The van der Waals surface area contributed by atoms with Crippen molar-refractivity contribution in [3.8, 4) is 0 Å². The molecule has 0 radical (unpaired) electrons. The molecule has 3 nitrogen and oxygen atoms in total. The van der Waals surface area contributed by atoms with Gasteiger partial charge in [-0.3, -0.25) is 4.79 Å². The van der Waals surface area contributed by atoms with Gasteiger partial charge in [-0.25, -0.2) is 0 Å². The minimum absolute atomic E-state index is 0.0116. The zero-order chi connectivity index (χ0) is 14.3. The van der Waals surface area contributed by atoms with E-state index in [9.17, 15) is 4.79 Å². The second-order valence-corrected chi connectivity index (χ2v) is 6.45. The Morgan fingerprint density at radius 2 is 2.00 bits per heavy atom. The Hall–Kier alpha value is -1.33. The number of nitrogen functional groups attached to an aromatic ring is 1. The third-order valence-corrected chi connectivity index (χ3v) is 4.65. The van der Waals surface area contributed by atoms with Crippen LogP contribution in [-0.4, -0.2) is 12.5 Å². The molecule has 0 saturated heterocycles. The first-order valence-corrected chi connectivity index (χ1v) is 7.81. The zero-order valence-electron chi connectivity index (χ0n) is 10.6. The van der Waals surface area contributed by atoms with Crippen molar-refractivity contribution in [3.05, 3.63) is 56.5 Å². The maximum absolute atomic E-state index is 12.7. The van der Waals surface area contributed by atoms with Gasteiger partial charge in [0.1, 0.15) is 0 Å². The lowest BCUT2D eigenvalue weighted by atomic mass is 10.1. The van der Waals surface area contributed by atoms with Gasteiger partial charge in [-0.05, 0) is 52.7 Å². The molecule has 5 heteroatoms. The number of anilines is 2. The summed E-state index contributed by atoms with van der Waals surface area (Å²) >= 11 is 6.84. The monoisotopic (exact) mass is 394 g/mol. The molecule has 102 valence electrons. The first-order chi connectivity index (χ1) is 9.58. The zero-order valence-corrected chi connectivity index (χ0v) is 13.7. The predicted molar refractivity (Wildman–Crippen MR) is 88.1 cm³/mol. The summed E-state index contributed by atoms with van der Waals surface area (Å²) in [7, 11) is 0. The van der Waals surface area contributed by atoms with E-state index in [1.807, 2.05) is 36.4 Å². The van der Waals surface area contributed by atoms with Gasteiger partial charge in [0.2, 0.25) is 0 Å². The molecule has 0 saturated carbocycles. The van der Waals surface area contributed by atoms with Gasteiger partial charge in [0, 0.05) is 32.4 Å². The number of nitrogens with zero attached hydrogens (tertiary/aromatic N) is 1. The molecule has 2 N–H and O–H groups in total. The third-order valence-electron chi connectivity index (χ3n) is 3.47. The summed E-state index contributed by atoms with van der Waals surface area (Å²) in [6.45, 7) is 0.668. The van der Waals surface area contributed by atoms with Gasteiger partial charge < -0.3 is 10.6 Å². The van der Waals surface area contributed by atoms with E-state index in [1.165, 1.54) is 0 Å². The maximum atomic E-state index is 12.7. The van der Waals surface area contributed by atoms with Crippen molar-refractivity contribution in [1.82, 2.24) is 0 Å². The van der Waals surface area contributed by atoms with E-state index in [0.717, 1.165) is 32.3 Å².